The van der Waals surface area contributed by atoms with E-state index in [4.69, 9.17) is 4.74 Å². The van der Waals surface area contributed by atoms with Gasteiger partial charge in [-0.3, -0.25) is 4.79 Å². The molecule has 0 saturated heterocycles. The number of hydrogen-bond acceptors (Lipinski definition) is 4. The molecule has 0 bridgehead atoms. The van der Waals surface area contributed by atoms with Crippen LogP contribution in [0.15, 0.2) is 0 Å². The van der Waals surface area contributed by atoms with Gasteiger partial charge in [0.05, 0.1) is 19.8 Å². The number of hydrogen-bond donors (Lipinski definition) is 1. The summed E-state index contributed by atoms with van der Waals surface area (Å²) in [5.41, 5.74) is 0. The van der Waals surface area contributed by atoms with Gasteiger partial charge in [0.2, 0.25) is 5.91 Å². The highest BCUT2D eigenvalue weighted by atomic mass is 16.5. The first-order chi connectivity index (χ1) is 7.86. The van der Waals surface area contributed by atoms with Crippen molar-refractivity contribution in [3.05, 3.63) is 0 Å². The quantitative estimate of drug-likeness (QED) is 0.682. The summed E-state index contributed by atoms with van der Waals surface area (Å²) in [5.74, 6) is -0.236. The Hall–Kier alpha value is -1.10. The highest BCUT2D eigenvalue weighted by molar-refractivity contribution is 5.83. The lowest BCUT2D eigenvalue weighted by Crippen LogP contribution is -2.44. The van der Waals surface area contributed by atoms with Crippen molar-refractivity contribution >= 4 is 11.9 Å². The summed E-state index contributed by atoms with van der Waals surface area (Å²) in [6.07, 6.45) is 0.962. The zero-order chi connectivity index (χ0) is 13.4. The summed E-state index contributed by atoms with van der Waals surface area (Å²) < 4.78 is 10.1. The molecule has 1 N–H and O–H groups in total. The van der Waals surface area contributed by atoms with E-state index < -0.39 is 12.0 Å². The van der Waals surface area contributed by atoms with Crippen LogP contribution in [0.3, 0.4) is 0 Å². The predicted octanol–water partition coefficient (Wildman–Crippen LogP) is 1.12. The van der Waals surface area contributed by atoms with Crippen molar-refractivity contribution in [3.63, 3.8) is 0 Å². The highest BCUT2D eigenvalue weighted by Gasteiger charge is 2.21. The Morgan fingerprint density at radius 1 is 1.24 bits per heavy atom. The molecule has 0 rings (SSSR count). The first-order valence-electron chi connectivity index (χ1n) is 5.83. The lowest BCUT2D eigenvalue weighted by atomic mass is 10.1. The number of ether oxygens (including phenoxy) is 2. The number of carbonyl (C=O) groups is 2. The Kier molecular flexibility index (Phi) is 7.54. The maximum Gasteiger partial charge on any atom is 0.330 e. The average molecular weight is 245 g/mol. The molecule has 5 heteroatoms. The van der Waals surface area contributed by atoms with Gasteiger partial charge in [0.15, 0.2) is 6.04 Å². The molecule has 17 heavy (non-hydrogen) atoms. The second-order valence-electron chi connectivity index (χ2n) is 4.55. The molecule has 2 atom stereocenters. The molecule has 0 aliphatic carbocycles. The zero-order valence-corrected chi connectivity index (χ0v) is 11.3. The van der Waals surface area contributed by atoms with E-state index >= 15 is 0 Å². The second-order valence-corrected chi connectivity index (χ2v) is 4.55. The van der Waals surface area contributed by atoms with Crippen molar-refractivity contribution < 1.29 is 19.1 Å². The average Bonchev–Trinajstić information content (AvgIpc) is 2.21. The maximum absolute atomic E-state index is 11.4. The Morgan fingerprint density at radius 2 is 1.82 bits per heavy atom. The van der Waals surface area contributed by atoms with Crippen LogP contribution in [0.1, 0.15) is 34.1 Å². The van der Waals surface area contributed by atoms with Crippen molar-refractivity contribution in [2.45, 2.75) is 46.3 Å². The van der Waals surface area contributed by atoms with Crippen molar-refractivity contribution in [2.75, 3.05) is 13.7 Å². The smallest absolute Gasteiger partial charge is 0.330 e. The maximum atomic E-state index is 11.4. The summed E-state index contributed by atoms with van der Waals surface area (Å²) in [6.45, 7) is 7.65. The van der Waals surface area contributed by atoms with E-state index in [1.807, 2.05) is 6.92 Å². The molecule has 2 unspecified atom stereocenters. The number of amides is 1. The molecule has 100 valence electrons. The number of rotatable bonds is 7. The first-order valence-corrected chi connectivity index (χ1v) is 5.83. The molecule has 0 aliphatic heterocycles. The van der Waals surface area contributed by atoms with Crippen LogP contribution >= 0.6 is 0 Å². The summed E-state index contributed by atoms with van der Waals surface area (Å²) in [7, 11) is 1.29. The van der Waals surface area contributed by atoms with E-state index in [2.05, 4.69) is 23.9 Å². The van der Waals surface area contributed by atoms with Crippen molar-refractivity contribution in [3.8, 4) is 0 Å². The molecular weight excluding hydrogens is 222 g/mol. The van der Waals surface area contributed by atoms with Gasteiger partial charge in [-0.05, 0) is 19.3 Å². The number of methoxy groups -OCH3 is 1. The Morgan fingerprint density at radius 3 is 2.24 bits per heavy atom. The fourth-order valence-electron chi connectivity index (χ4n) is 1.55. The van der Waals surface area contributed by atoms with Gasteiger partial charge in [-0.1, -0.05) is 13.8 Å². The zero-order valence-electron chi connectivity index (χ0n) is 11.3. The molecule has 5 nitrogen and oxygen atoms in total. The van der Waals surface area contributed by atoms with Gasteiger partial charge >= 0.3 is 5.97 Å². The lowest BCUT2D eigenvalue weighted by Gasteiger charge is -2.20. The first kappa shape index (κ1) is 15.9. The van der Waals surface area contributed by atoms with E-state index in [1.54, 1.807) is 0 Å². The van der Waals surface area contributed by atoms with E-state index in [0.29, 0.717) is 5.92 Å². The molecule has 0 saturated carbocycles. The number of esters is 1. The number of nitrogens with one attached hydrogen (secondary N) is 1. The van der Waals surface area contributed by atoms with Crippen LogP contribution < -0.4 is 5.32 Å². The van der Waals surface area contributed by atoms with Crippen LogP contribution in [0.25, 0.3) is 0 Å². The summed E-state index contributed by atoms with van der Waals surface area (Å²) in [5, 5.41) is 2.50. The van der Waals surface area contributed by atoms with Gasteiger partial charge in [-0.2, -0.15) is 0 Å². The van der Waals surface area contributed by atoms with Crippen LogP contribution in [0, 0.1) is 5.92 Å². The van der Waals surface area contributed by atoms with Gasteiger partial charge in [0.25, 0.3) is 0 Å². The highest BCUT2D eigenvalue weighted by Crippen LogP contribution is 2.08. The molecular formula is C12H23NO4. The van der Waals surface area contributed by atoms with Crippen LogP contribution in [0.2, 0.25) is 0 Å². The molecule has 0 aromatic heterocycles. The minimum Gasteiger partial charge on any atom is -0.467 e. The molecule has 0 spiro atoms. The van der Waals surface area contributed by atoms with Crippen LogP contribution in [0.5, 0.6) is 0 Å². The van der Waals surface area contributed by atoms with Gasteiger partial charge in [0, 0.05) is 6.92 Å². The molecule has 1 amide bonds. The van der Waals surface area contributed by atoms with Crippen LogP contribution in [0.4, 0.5) is 0 Å². The third-order valence-electron chi connectivity index (χ3n) is 2.21. The van der Waals surface area contributed by atoms with Gasteiger partial charge in [-0.15, -0.1) is 0 Å². The minimum absolute atomic E-state index is 0.0518. The molecule has 0 radical (unpaired) electrons. The fraction of sp³-hybridized carbons (Fsp3) is 0.833. The number of carbonyl (C=O) groups excluding carboxylic acids is 2. The Balaban J connectivity index is 4.15. The van der Waals surface area contributed by atoms with E-state index in [-0.39, 0.29) is 18.6 Å². The second kappa shape index (κ2) is 8.06. The third kappa shape index (κ3) is 7.74. The third-order valence-corrected chi connectivity index (χ3v) is 2.21. The van der Waals surface area contributed by atoms with Crippen LogP contribution in [-0.4, -0.2) is 37.7 Å². The molecule has 0 heterocycles. The summed E-state index contributed by atoms with van der Waals surface area (Å²) in [6, 6.07) is -0.730. The normalized spacial score (nSPS) is 14.2. The standard InChI is InChI=1S/C12H23NO4/c1-8(2)6-9(3)17-7-11(12(15)16-5)13-10(4)14/h8-9,11H,6-7H2,1-5H3,(H,13,14). The minimum atomic E-state index is -0.730. The van der Waals surface area contributed by atoms with Crippen LogP contribution in [-0.2, 0) is 19.1 Å². The van der Waals surface area contributed by atoms with Gasteiger partial charge in [-0.25, -0.2) is 4.79 Å². The van der Waals surface area contributed by atoms with Crippen molar-refractivity contribution in [1.82, 2.24) is 5.32 Å². The molecule has 0 fully saturated rings. The SMILES string of the molecule is COC(=O)C(COC(C)CC(C)C)NC(C)=O. The summed E-state index contributed by atoms with van der Waals surface area (Å²) >= 11 is 0. The van der Waals surface area contributed by atoms with E-state index in [9.17, 15) is 9.59 Å². The van der Waals surface area contributed by atoms with Crippen molar-refractivity contribution in [1.29, 1.82) is 0 Å². The topological polar surface area (TPSA) is 64.6 Å². The van der Waals surface area contributed by atoms with E-state index in [0.717, 1.165) is 6.42 Å². The van der Waals surface area contributed by atoms with Crippen molar-refractivity contribution in [2.24, 2.45) is 5.92 Å². The molecule has 0 aromatic carbocycles. The molecule has 0 aromatic rings. The Labute approximate surface area is 103 Å². The van der Waals surface area contributed by atoms with Gasteiger partial charge < -0.3 is 14.8 Å². The van der Waals surface area contributed by atoms with Gasteiger partial charge in [0.1, 0.15) is 0 Å². The monoisotopic (exact) mass is 245 g/mol. The van der Waals surface area contributed by atoms with E-state index in [1.165, 1.54) is 14.0 Å². The predicted molar refractivity (Wildman–Crippen MR) is 64.5 cm³/mol. The fourth-order valence-corrected chi connectivity index (χ4v) is 1.55. The lowest BCUT2D eigenvalue weighted by molar-refractivity contribution is -0.147. The summed E-state index contributed by atoms with van der Waals surface area (Å²) in [4.78, 5) is 22.3. The molecule has 0 aliphatic rings. The largest absolute Gasteiger partial charge is 0.467 e. The Bertz CT molecular complexity index is 253.